The highest BCUT2D eigenvalue weighted by Gasteiger charge is 2.26. The molecule has 2 aliphatic rings. The SMILES string of the molecule is CCNC(=NCCOCC1CC1)NC1CCN(c2ncccc2F)C1. The van der Waals surface area contributed by atoms with Gasteiger partial charge in [-0.2, -0.15) is 0 Å². The second kappa shape index (κ2) is 8.99. The van der Waals surface area contributed by atoms with Gasteiger partial charge in [-0.25, -0.2) is 9.37 Å². The molecule has 6 nitrogen and oxygen atoms in total. The van der Waals surface area contributed by atoms with Gasteiger partial charge in [-0.05, 0) is 44.2 Å². The Labute approximate surface area is 148 Å². The molecule has 1 aromatic heterocycles. The molecule has 2 N–H and O–H groups in total. The maximum Gasteiger partial charge on any atom is 0.191 e. The topological polar surface area (TPSA) is 61.8 Å². The molecule has 0 aromatic carbocycles. The van der Waals surface area contributed by atoms with Crippen LogP contribution in [0.15, 0.2) is 23.3 Å². The molecule has 1 unspecified atom stereocenters. The number of guanidine groups is 1. The average Bonchev–Trinajstić information content (AvgIpc) is 3.32. The van der Waals surface area contributed by atoms with Crippen molar-refractivity contribution in [3.8, 4) is 0 Å². The van der Waals surface area contributed by atoms with Gasteiger partial charge < -0.3 is 20.3 Å². The Morgan fingerprint density at radius 2 is 2.32 bits per heavy atom. The molecule has 25 heavy (non-hydrogen) atoms. The van der Waals surface area contributed by atoms with Crippen LogP contribution in [0.4, 0.5) is 10.2 Å². The molecule has 1 aliphatic heterocycles. The molecule has 0 radical (unpaired) electrons. The number of hydrogen-bond donors (Lipinski definition) is 2. The molecule has 1 saturated carbocycles. The van der Waals surface area contributed by atoms with Crippen LogP contribution in [0.25, 0.3) is 0 Å². The van der Waals surface area contributed by atoms with E-state index in [9.17, 15) is 4.39 Å². The summed E-state index contributed by atoms with van der Waals surface area (Å²) in [4.78, 5) is 10.7. The summed E-state index contributed by atoms with van der Waals surface area (Å²) in [6.07, 6.45) is 5.18. The molecule has 0 spiro atoms. The van der Waals surface area contributed by atoms with Crippen molar-refractivity contribution in [3.63, 3.8) is 0 Å². The fraction of sp³-hybridized carbons (Fsp3) is 0.667. The van der Waals surface area contributed by atoms with Crippen LogP contribution in [-0.4, -0.2) is 56.4 Å². The molecule has 138 valence electrons. The van der Waals surface area contributed by atoms with Gasteiger partial charge in [-0.15, -0.1) is 0 Å². The van der Waals surface area contributed by atoms with Crippen molar-refractivity contribution in [2.24, 2.45) is 10.9 Å². The van der Waals surface area contributed by atoms with Crippen LogP contribution in [0.1, 0.15) is 26.2 Å². The molecule has 1 atom stereocenters. The van der Waals surface area contributed by atoms with E-state index in [1.54, 1.807) is 12.3 Å². The van der Waals surface area contributed by atoms with Gasteiger partial charge in [-0.1, -0.05) is 0 Å². The number of aliphatic imine (C=N–C) groups is 1. The molecule has 7 heteroatoms. The average molecular weight is 349 g/mol. The first-order valence-corrected chi connectivity index (χ1v) is 9.24. The second-order valence-electron chi connectivity index (χ2n) is 6.66. The highest BCUT2D eigenvalue weighted by Crippen LogP contribution is 2.28. The summed E-state index contributed by atoms with van der Waals surface area (Å²) in [6.45, 7) is 6.53. The van der Waals surface area contributed by atoms with E-state index in [2.05, 4.69) is 20.6 Å². The second-order valence-corrected chi connectivity index (χ2v) is 6.66. The number of aromatic nitrogens is 1. The molecule has 1 aromatic rings. The number of pyridine rings is 1. The van der Waals surface area contributed by atoms with Crippen LogP contribution in [0.5, 0.6) is 0 Å². The van der Waals surface area contributed by atoms with E-state index < -0.39 is 0 Å². The third kappa shape index (κ3) is 5.56. The lowest BCUT2D eigenvalue weighted by molar-refractivity contribution is 0.131. The Morgan fingerprint density at radius 3 is 3.08 bits per heavy atom. The van der Waals surface area contributed by atoms with E-state index in [1.807, 2.05) is 11.8 Å². The summed E-state index contributed by atoms with van der Waals surface area (Å²) < 4.78 is 19.5. The number of rotatable bonds is 8. The molecular formula is C18H28FN5O. The van der Waals surface area contributed by atoms with Crippen molar-refractivity contribution in [1.82, 2.24) is 15.6 Å². The molecule has 0 amide bonds. The first-order chi connectivity index (χ1) is 12.3. The minimum absolute atomic E-state index is 0.228. The number of ether oxygens (including phenoxy) is 1. The number of nitrogens with zero attached hydrogens (tertiary/aromatic N) is 3. The third-order valence-electron chi connectivity index (χ3n) is 4.47. The first kappa shape index (κ1) is 17.9. The third-order valence-corrected chi connectivity index (χ3v) is 4.47. The van der Waals surface area contributed by atoms with Gasteiger partial charge in [0.05, 0.1) is 13.2 Å². The normalized spacial score (nSPS) is 20.8. The van der Waals surface area contributed by atoms with Crippen LogP contribution in [-0.2, 0) is 4.74 Å². The van der Waals surface area contributed by atoms with Crippen molar-refractivity contribution in [1.29, 1.82) is 0 Å². The lowest BCUT2D eigenvalue weighted by atomic mass is 10.3. The lowest BCUT2D eigenvalue weighted by Gasteiger charge is -2.19. The van der Waals surface area contributed by atoms with Gasteiger partial charge in [0.2, 0.25) is 0 Å². The number of anilines is 1. The fourth-order valence-corrected chi connectivity index (χ4v) is 2.95. The van der Waals surface area contributed by atoms with Crippen molar-refractivity contribution in [3.05, 3.63) is 24.1 Å². The van der Waals surface area contributed by atoms with Gasteiger partial charge in [-0.3, -0.25) is 4.99 Å². The van der Waals surface area contributed by atoms with E-state index >= 15 is 0 Å². The van der Waals surface area contributed by atoms with Crippen LogP contribution < -0.4 is 15.5 Å². The summed E-state index contributed by atoms with van der Waals surface area (Å²) in [5.74, 6) is 1.75. The summed E-state index contributed by atoms with van der Waals surface area (Å²) in [5.41, 5.74) is 0. The highest BCUT2D eigenvalue weighted by atomic mass is 19.1. The quantitative estimate of drug-likeness (QED) is 0.426. The molecule has 1 saturated heterocycles. The van der Waals surface area contributed by atoms with E-state index in [-0.39, 0.29) is 11.9 Å². The van der Waals surface area contributed by atoms with E-state index in [1.165, 1.54) is 18.9 Å². The minimum Gasteiger partial charge on any atom is -0.379 e. The molecule has 1 aliphatic carbocycles. The zero-order valence-electron chi connectivity index (χ0n) is 14.9. The predicted octanol–water partition coefficient (Wildman–Crippen LogP) is 1.78. The van der Waals surface area contributed by atoms with Crippen LogP contribution in [0.3, 0.4) is 0 Å². The standard InChI is InChI=1S/C18H28FN5O/c1-2-20-18(22-9-11-25-13-14-5-6-14)23-15-7-10-24(12-15)17-16(19)4-3-8-21-17/h3-4,8,14-15H,2,5-7,9-13H2,1H3,(H2,20,22,23). The van der Waals surface area contributed by atoms with E-state index in [0.29, 0.717) is 19.0 Å². The zero-order chi connectivity index (χ0) is 17.5. The molecule has 0 bridgehead atoms. The number of halogens is 1. The largest absolute Gasteiger partial charge is 0.379 e. The Balaban J connectivity index is 1.45. The van der Waals surface area contributed by atoms with Crippen LogP contribution >= 0.6 is 0 Å². The van der Waals surface area contributed by atoms with Crippen molar-refractivity contribution in [2.45, 2.75) is 32.2 Å². The smallest absolute Gasteiger partial charge is 0.191 e. The van der Waals surface area contributed by atoms with Crippen LogP contribution in [0, 0.1) is 11.7 Å². The summed E-state index contributed by atoms with van der Waals surface area (Å²) in [7, 11) is 0. The predicted molar refractivity (Wildman–Crippen MR) is 97.5 cm³/mol. The maximum atomic E-state index is 13.9. The van der Waals surface area contributed by atoms with Crippen LogP contribution in [0.2, 0.25) is 0 Å². The minimum atomic E-state index is -0.267. The summed E-state index contributed by atoms with van der Waals surface area (Å²) >= 11 is 0. The van der Waals surface area contributed by atoms with Gasteiger partial charge >= 0.3 is 0 Å². The Kier molecular flexibility index (Phi) is 6.44. The highest BCUT2D eigenvalue weighted by molar-refractivity contribution is 5.80. The number of nitrogens with one attached hydrogen (secondary N) is 2. The van der Waals surface area contributed by atoms with Crippen molar-refractivity contribution < 1.29 is 9.13 Å². The van der Waals surface area contributed by atoms with E-state index in [4.69, 9.17) is 4.74 Å². The van der Waals surface area contributed by atoms with Crippen molar-refractivity contribution >= 4 is 11.8 Å². The Morgan fingerprint density at radius 1 is 1.44 bits per heavy atom. The Hall–Kier alpha value is -1.89. The zero-order valence-corrected chi connectivity index (χ0v) is 14.9. The summed E-state index contributed by atoms with van der Waals surface area (Å²) in [5, 5.41) is 6.70. The van der Waals surface area contributed by atoms with Gasteiger partial charge in [0, 0.05) is 38.5 Å². The maximum absolute atomic E-state index is 13.9. The molecule has 2 heterocycles. The monoisotopic (exact) mass is 349 g/mol. The first-order valence-electron chi connectivity index (χ1n) is 9.24. The van der Waals surface area contributed by atoms with E-state index in [0.717, 1.165) is 44.5 Å². The molecular weight excluding hydrogens is 321 g/mol. The molecule has 3 rings (SSSR count). The Bertz CT molecular complexity index is 578. The van der Waals surface area contributed by atoms with Gasteiger partial charge in [0.1, 0.15) is 0 Å². The van der Waals surface area contributed by atoms with Gasteiger partial charge in [0.15, 0.2) is 17.6 Å². The summed E-state index contributed by atoms with van der Waals surface area (Å²) in [6, 6.07) is 3.30. The number of hydrogen-bond acceptors (Lipinski definition) is 4. The molecule has 2 fully saturated rings. The lowest BCUT2D eigenvalue weighted by Crippen LogP contribution is -2.44. The van der Waals surface area contributed by atoms with Gasteiger partial charge in [0.25, 0.3) is 0 Å². The fourth-order valence-electron chi connectivity index (χ4n) is 2.95. The van der Waals surface area contributed by atoms with Crippen molar-refractivity contribution in [2.75, 3.05) is 44.3 Å².